The Labute approximate surface area is 77.7 Å². The van der Waals surface area contributed by atoms with Gasteiger partial charge in [0.1, 0.15) is 0 Å². The first kappa shape index (κ1) is 9.83. The average molecular weight is 184 g/mol. The second-order valence-corrected chi connectivity index (χ2v) is 3.41. The first-order valence-electron chi connectivity index (χ1n) is 4.51. The molecule has 0 saturated heterocycles. The van der Waals surface area contributed by atoms with Gasteiger partial charge in [0.2, 0.25) is 0 Å². The summed E-state index contributed by atoms with van der Waals surface area (Å²) in [6.45, 7) is 5.25. The van der Waals surface area contributed by atoms with Crippen molar-refractivity contribution in [1.82, 2.24) is 10.2 Å². The van der Waals surface area contributed by atoms with Gasteiger partial charge in [0.05, 0.1) is 0 Å². The molecule has 0 spiro atoms. The molecule has 0 amide bonds. The summed E-state index contributed by atoms with van der Waals surface area (Å²) in [5.74, 6) is 0.731. The highest BCUT2D eigenvalue weighted by atomic mass is 16.4. The van der Waals surface area contributed by atoms with Crippen molar-refractivity contribution in [1.29, 1.82) is 0 Å². The summed E-state index contributed by atoms with van der Waals surface area (Å²) < 4.78 is 4.93. The number of hydrogen-bond donors (Lipinski definition) is 2. The lowest BCUT2D eigenvalue weighted by atomic mass is 10.1. The zero-order valence-corrected chi connectivity index (χ0v) is 8.08. The number of nitrogens with zero attached hydrogens (tertiary/aromatic N) is 2. The van der Waals surface area contributed by atoms with Crippen molar-refractivity contribution in [3.05, 3.63) is 0 Å². The molecular formula is C8H16N4O. The van der Waals surface area contributed by atoms with Gasteiger partial charge in [-0.3, -0.25) is 0 Å². The molecule has 13 heavy (non-hydrogen) atoms. The maximum Gasteiger partial charge on any atom is 0.316 e. The van der Waals surface area contributed by atoms with Crippen LogP contribution in [0.5, 0.6) is 0 Å². The van der Waals surface area contributed by atoms with E-state index >= 15 is 0 Å². The Morgan fingerprint density at radius 1 is 1.46 bits per heavy atom. The van der Waals surface area contributed by atoms with Gasteiger partial charge in [-0.05, 0) is 18.8 Å². The fourth-order valence-electron chi connectivity index (χ4n) is 1.01. The third-order valence-electron chi connectivity index (χ3n) is 1.68. The minimum absolute atomic E-state index is 0.103. The SMILES string of the molecule is CC(C)CCCNc1nnc(N)o1. The smallest absolute Gasteiger partial charge is 0.316 e. The van der Waals surface area contributed by atoms with Crippen LogP contribution in [0.1, 0.15) is 26.7 Å². The third kappa shape index (κ3) is 3.78. The lowest BCUT2D eigenvalue weighted by Gasteiger charge is -2.03. The van der Waals surface area contributed by atoms with Crippen molar-refractivity contribution in [2.75, 3.05) is 17.6 Å². The van der Waals surface area contributed by atoms with Gasteiger partial charge in [0.25, 0.3) is 0 Å². The largest absolute Gasteiger partial charge is 0.390 e. The van der Waals surface area contributed by atoms with E-state index < -0.39 is 0 Å². The summed E-state index contributed by atoms with van der Waals surface area (Å²) in [5.41, 5.74) is 5.25. The van der Waals surface area contributed by atoms with Gasteiger partial charge >= 0.3 is 12.0 Å². The Morgan fingerprint density at radius 3 is 2.77 bits per heavy atom. The zero-order valence-electron chi connectivity index (χ0n) is 8.08. The Morgan fingerprint density at radius 2 is 2.23 bits per heavy atom. The zero-order chi connectivity index (χ0) is 9.68. The predicted molar refractivity (Wildman–Crippen MR) is 51.3 cm³/mol. The monoisotopic (exact) mass is 184 g/mol. The summed E-state index contributed by atoms with van der Waals surface area (Å²) in [5, 5.41) is 10.2. The summed E-state index contributed by atoms with van der Waals surface area (Å²) in [7, 11) is 0. The van der Waals surface area contributed by atoms with Crippen molar-refractivity contribution in [3.63, 3.8) is 0 Å². The molecule has 1 aromatic rings. The molecule has 1 rings (SSSR count). The predicted octanol–water partition coefficient (Wildman–Crippen LogP) is 1.50. The number of aromatic nitrogens is 2. The molecule has 0 radical (unpaired) electrons. The quantitative estimate of drug-likeness (QED) is 0.678. The number of nitrogen functional groups attached to an aromatic ring is 1. The molecule has 0 saturated carbocycles. The molecule has 0 atom stereocenters. The van der Waals surface area contributed by atoms with Crippen LogP contribution in [0.3, 0.4) is 0 Å². The van der Waals surface area contributed by atoms with E-state index in [1.165, 1.54) is 6.42 Å². The van der Waals surface area contributed by atoms with Crippen molar-refractivity contribution in [3.8, 4) is 0 Å². The number of nitrogens with two attached hydrogens (primary N) is 1. The van der Waals surface area contributed by atoms with E-state index in [0.29, 0.717) is 6.01 Å². The maximum atomic E-state index is 5.25. The topological polar surface area (TPSA) is 77.0 Å². The summed E-state index contributed by atoms with van der Waals surface area (Å²) in [6, 6.07) is 0.507. The van der Waals surface area contributed by atoms with Gasteiger partial charge in [-0.25, -0.2) is 0 Å². The highest BCUT2D eigenvalue weighted by Gasteiger charge is 2.00. The van der Waals surface area contributed by atoms with Crippen LogP contribution in [0, 0.1) is 5.92 Å². The minimum Gasteiger partial charge on any atom is -0.390 e. The first-order chi connectivity index (χ1) is 6.18. The van der Waals surface area contributed by atoms with Crippen LogP contribution in [-0.4, -0.2) is 16.7 Å². The van der Waals surface area contributed by atoms with Crippen LogP contribution in [0.2, 0.25) is 0 Å². The highest BCUT2D eigenvalue weighted by Crippen LogP contribution is 2.07. The molecule has 3 N–H and O–H groups in total. The fraction of sp³-hybridized carbons (Fsp3) is 0.750. The Hall–Kier alpha value is -1.26. The van der Waals surface area contributed by atoms with E-state index in [9.17, 15) is 0 Å². The molecule has 0 fully saturated rings. The molecule has 0 bridgehead atoms. The van der Waals surface area contributed by atoms with Crippen LogP contribution in [-0.2, 0) is 0 Å². The second kappa shape index (κ2) is 4.69. The molecule has 0 aromatic carbocycles. The number of nitrogens with one attached hydrogen (secondary N) is 1. The molecule has 5 heteroatoms. The lowest BCUT2D eigenvalue weighted by molar-refractivity contribution is 0.552. The molecule has 0 aliphatic rings. The van der Waals surface area contributed by atoms with E-state index in [-0.39, 0.29) is 6.01 Å². The first-order valence-corrected chi connectivity index (χ1v) is 4.51. The highest BCUT2D eigenvalue weighted by molar-refractivity contribution is 5.21. The van der Waals surface area contributed by atoms with E-state index in [1.54, 1.807) is 0 Å². The van der Waals surface area contributed by atoms with Crippen LogP contribution in [0.15, 0.2) is 4.42 Å². The van der Waals surface area contributed by atoms with Gasteiger partial charge in [-0.2, -0.15) is 0 Å². The van der Waals surface area contributed by atoms with Crippen molar-refractivity contribution in [2.45, 2.75) is 26.7 Å². The van der Waals surface area contributed by atoms with Gasteiger partial charge < -0.3 is 15.5 Å². The van der Waals surface area contributed by atoms with Crippen LogP contribution >= 0.6 is 0 Å². The van der Waals surface area contributed by atoms with Gasteiger partial charge in [0, 0.05) is 6.54 Å². The maximum absolute atomic E-state index is 5.25. The van der Waals surface area contributed by atoms with E-state index in [2.05, 4.69) is 29.4 Å². The van der Waals surface area contributed by atoms with Crippen LogP contribution in [0.4, 0.5) is 12.0 Å². The molecule has 5 nitrogen and oxygen atoms in total. The Kier molecular flexibility index (Phi) is 3.54. The number of rotatable bonds is 5. The molecule has 0 aliphatic carbocycles. The standard InChI is InChI=1S/C8H16N4O/c1-6(2)4-3-5-10-8-12-11-7(9)13-8/h6H,3-5H2,1-2H3,(H2,9,11)(H,10,12). The second-order valence-electron chi connectivity index (χ2n) is 3.41. The number of anilines is 2. The normalized spacial score (nSPS) is 10.7. The van der Waals surface area contributed by atoms with E-state index in [1.807, 2.05) is 0 Å². The van der Waals surface area contributed by atoms with Gasteiger partial charge in [0.15, 0.2) is 0 Å². The van der Waals surface area contributed by atoms with Crippen molar-refractivity contribution >= 4 is 12.0 Å². The van der Waals surface area contributed by atoms with Gasteiger partial charge in [-0.1, -0.05) is 24.0 Å². The fourth-order valence-corrected chi connectivity index (χ4v) is 1.01. The Bertz CT molecular complexity index is 246. The van der Waals surface area contributed by atoms with Gasteiger partial charge in [-0.15, -0.1) is 0 Å². The van der Waals surface area contributed by atoms with Crippen molar-refractivity contribution < 1.29 is 4.42 Å². The third-order valence-corrected chi connectivity index (χ3v) is 1.68. The number of hydrogen-bond acceptors (Lipinski definition) is 5. The lowest BCUT2D eigenvalue weighted by Crippen LogP contribution is -2.03. The summed E-state index contributed by atoms with van der Waals surface area (Å²) in [6.07, 6.45) is 2.29. The molecule has 0 aliphatic heterocycles. The van der Waals surface area contributed by atoms with Crippen LogP contribution in [0.25, 0.3) is 0 Å². The molecule has 0 unspecified atom stereocenters. The minimum atomic E-state index is 0.103. The average Bonchev–Trinajstić information content (AvgIpc) is 2.45. The summed E-state index contributed by atoms with van der Waals surface area (Å²) >= 11 is 0. The van der Waals surface area contributed by atoms with Crippen molar-refractivity contribution in [2.24, 2.45) is 5.92 Å². The van der Waals surface area contributed by atoms with E-state index in [0.717, 1.165) is 18.9 Å². The molecule has 74 valence electrons. The van der Waals surface area contributed by atoms with Crippen LogP contribution < -0.4 is 11.1 Å². The van der Waals surface area contributed by atoms with E-state index in [4.69, 9.17) is 10.2 Å². The molecule has 1 aromatic heterocycles. The Balaban J connectivity index is 2.13. The summed E-state index contributed by atoms with van der Waals surface area (Å²) in [4.78, 5) is 0. The molecule has 1 heterocycles. The molecular weight excluding hydrogens is 168 g/mol.